The van der Waals surface area contributed by atoms with Gasteiger partial charge >= 0.3 is 0 Å². The molecule has 0 bridgehead atoms. The van der Waals surface area contributed by atoms with Crippen molar-refractivity contribution in [2.45, 2.75) is 32.4 Å². The van der Waals surface area contributed by atoms with Crippen molar-refractivity contribution >= 4 is 5.91 Å². The van der Waals surface area contributed by atoms with E-state index in [9.17, 15) is 4.79 Å². The summed E-state index contributed by atoms with van der Waals surface area (Å²) in [4.78, 5) is 14.8. The first-order valence-electron chi connectivity index (χ1n) is 8.19. The molecule has 0 unspecified atom stereocenters. The average Bonchev–Trinajstić information content (AvgIpc) is 3.14. The van der Waals surface area contributed by atoms with Gasteiger partial charge < -0.3 is 14.4 Å². The zero-order chi connectivity index (χ0) is 17.1. The summed E-state index contributed by atoms with van der Waals surface area (Å²) in [5, 5.41) is 4.23. The highest BCUT2D eigenvalue weighted by atomic mass is 16.5. The summed E-state index contributed by atoms with van der Waals surface area (Å²) < 4.78 is 12.5. The van der Waals surface area contributed by atoms with Gasteiger partial charge in [-0.25, -0.2) is 0 Å². The first-order chi connectivity index (χ1) is 11.7. The maximum Gasteiger partial charge on any atom is 0.247 e. The van der Waals surface area contributed by atoms with Crippen LogP contribution in [0.2, 0.25) is 0 Å². The number of fused-ring (bicyclic) bond motifs is 1. The lowest BCUT2D eigenvalue weighted by molar-refractivity contribution is -0.136. The Morgan fingerprint density at radius 3 is 2.54 bits per heavy atom. The van der Waals surface area contributed by atoms with Crippen LogP contribution in [-0.4, -0.2) is 41.4 Å². The zero-order valence-corrected chi connectivity index (χ0v) is 14.4. The number of carbonyl (C=O) groups excluding carboxylic acids is 1. The molecule has 1 aliphatic rings. The predicted molar refractivity (Wildman–Crippen MR) is 90.2 cm³/mol. The quantitative estimate of drug-likeness (QED) is 0.845. The molecule has 2 aromatic rings. The minimum atomic E-state index is -0.248. The largest absolute Gasteiger partial charge is 0.493 e. The number of carbonyl (C=O) groups is 1. The maximum absolute atomic E-state index is 12.9. The summed E-state index contributed by atoms with van der Waals surface area (Å²) in [6.45, 7) is 3.31. The molecule has 6 heteroatoms. The maximum atomic E-state index is 12.9. The van der Waals surface area contributed by atoms with Gasteiger partial charge in [0.15, 0.2) is 11.5 Å². The predicted octanol–water partition coefficient (Wildman–Crippen LogP) is 2.44. The van der Waals surface area contributed by atoms with Gasteiger partial charge in [-0.3, -0.25) is 9.48 Å². The van der Waals surface area contributed by atoms with Crippen LogP contribution in [0.1, 0.15) is 30.5 Å². The molecule has 0 aliphatic carbocycles. The zero-order valence-electron chi connectivity index (χ0n) is 14.4. The fraction of sp³-hybridized carbons (Fsp3) is 0.444. The van der Waals surface area contributed by atoms with Crippen molar-refractivity contribution in [2.75, 3.05) is 20.8 Å². The highest BCUT2D eigenvalue weighted by molar-refractivity contribution is 5.80. The minimum Gasteiger partial charge on any atom is -0.493 e. The Labute approximate surface area is 142 Å². The summed E-state index contributed by atoms with van der Waals surface area (Å²) >= 11 is 0. The Morgan fingerprint density at radius 2 is 1.96 bits per heavy atom. The van der Waals surface area contributed by atoms with Crippen LogP contribution in [0.4, 0.5) is 0 Å². The number of rotatable bonds is 5. The van der Waals surface area contributed by atoms with E-state index in [1.54, 1.807) is 25.1 Å². The van der Waals surface area contributed by atoms with Gasteiger partial charge in [-0.2, -0.15) is 5.10 Å². The first kappa shape index (κ1) is 16.4. The van der Waals surface area contributed by atoms with Crippen LogP contribution in [0, 0.1) is 0 Å². The lowest BCUT2D eigenvalue weighted by atomic mass is 9.98. The number of benzene rings is 1. The molecule has 0 saturated heterocycles. The van der Waals surface area contributed by atoms with Crippen LogP contribution >= 0.6 is 0 Å². The highest BCUT2D eigenvalue weighted by Gasteiger charge is 2.28. The van der Waals surface area contributed by atoms with E-state index in [4.69, 9.17) is 9.47 Å². The summed E-state index contributed by atoms with van der Waals surface area (Å²) in [5.74, 6) is 1.55. The molecule has 0 saturated carbocycles. The third-order valence-electron chi connectivity index (χ3n) is 4.55. The van der Waals surface area contributed by atoms with E-state index in [2.05, 4.69) is 5.10 Å². The fourth-order valence-corrected chi connectivity index (χ4v) is 3.22. The smallest absolute Gasteiger partial charge is 0.247 e. The molecule has 1 atom stereocenters. The van der Waals surface area contributed by atoms with Gasteiger partial charge in [-0.15, -0.1) is 0 Å². The van der Waals surface area contributed by atoms with Crippen LogP contribution in [0.25, 0.3) is 0 Å². The molecule has 0 fully saturated rings. The number of methoxy groups -OCH3 is 2. The molecule has 2 heterocycles. The van der Waals surface area contributed by atoms with E-state index >= 15 is 0 Å². The number of hydrogen-bond acceptors (Lipinski definition) is 4. The summed E-state index contributed by atoms with van der Waals surface area (Å²) in [5.41, 5.74) is 2.33. The average molecular weight is 329 g/mol. The molecular weight excluding hydrogens is 306 g/mol. The molecule has 3 rings (SSSR count). The topological polar surface area (TPSA) is 56.6 Å². The van der Waals surface area contributed by atoms with Crippen LogP contribution < -0.4 is 9.47 Å². The molecule has 1 aliphatic heterocycles. The Morgan fingerprint density at radius 1 is 1.25 bits per heavy atom. The van der Waals surface area contributed by atoms with Gasteiger partial charge in [0.1, 0.15) is 6.04 Å². The number of amides is 1. The van der Waals surface area contributed by atoms with Crippen LogP contribution in [0.3, 0.4) is 0 Å². The summed E-state index contributed by atoms with van der Waals surface area (Å²) in [6.07, 6.45) is 5.09. The third kappa shape index (κ3) is 2.96. The van der Waals surface area contributed by atoms with Crippen LogP contribution in [0.15, 0.2) is 30.6 Å². The first-order valence-corrected chi connectivity index (χ1v) is 8.19. The molecule has 1 aromatic heterocycles. The van der Waals surface area contributed by atoms with Gasteiger partial charge in [-0.05, 0) is 42.2 Å². The van der Waals surface area contributed by atoms with E-state index in [1.807, 2.05) is 36.2 Å². The van der Waals surface area contributed by atoms with Crippen molar-refractivity contribution in [3.8, 4) is 11.5 Å². The van der Waals surface area contributed by atoms with Crippen molar-refractivity contribution < 1.29 is 14.3 Å². The van der Waals surface area contributed by atoms with Gasteiger partial charge in [0.05, 0.1) is 14.2 Å². The minimum absolute atomic E-state index is 0.113. The normalized spacial score (nSPS) is 14.9. The van der Waals surface area contributed by atoms with Crippen LogP contribution in [-0.2, 0) is 17.8 Å². The molecule has 0 N–H and O–H groups in total. The SMILES string of the molecule is CC[C@@H](C(=O)N1CCc2cc(OC)c(OC)cc2C1)n1cccn1. The Balaban J connectivity index is 1.82. The Bertz CT molecular complexity index is 713. The number of aromatic nitrogens is 2. The van der Waals surface area contributed by atoms with E-state index in [0.29, 0.717) is 18.8 Å². The molecule has 1 amide bonds. The van der Waals surface area contributed by atoms with Crippen LogP contribution in [0.5, 0.6) is 11.5 Å². The number of ether oxygens (including phenoxy) is 2. The third-order valence-corrected chi connectivity index (χ3v) is 4.55. The Kier molecular flexibility index (Phi) is 4.74. The van der Waals surface area contributed by atoms with Crippen molar-refractivity contribution in [3.63, 3.8) is 0 Å². The van der Waals surface area contributed by atoms with E-state index in [1.165, 1.54) is 5.56 Å². The number of hydrogen-bond donors (Lipinski definition) is 0. The molecule has 0 radical (unpaired) electrons. The monoisotopic (exact) mass is 329 g/mol. The van der Waals surface area contributed by atoms with E-state index in [-0.39, 0.29) is 11.9 Å². The van der Waals surface area contributed by atoms with Crippen molar-refractivity contribution in [3.05, 3.63) is 41.7 Å². The second-order valence-electron chi connectivity index (χ2n) is 5.90. The molecule has 128 valence electrons. The molecular formula is C18H23N3O3. The summed E-state index contributed by atoms with van der Waals surface area (Å²) in [7, 11) is 3.26. The Hall–Kier alpha value is -2.50. The second kappa shape index (κ2) is 6.95. The standard InChI is InChI=1S/C18H23N3O3/c1-4-15(21-8-5-7-19-21)18(22)20-9-6-13-10-16(23-2)17(24-3)11-14(13)12-20/h5,7-8,10-11,15H,4,6,9,12H2,1-3H3/t15-/m0/s1. The van der Waals surface area contributed by atoms with Gasteiger partial charge in [0.2, 0.25) is 5.91 Å². The summed E-state index contributed by atoms with van der Waals surface area (Å²) in [6, 6.07) is 5.59. The van der Waals surface area contributed by atoms with Crippen molar-refractivity contribution in [2.24, 2.45) is 0 Å². The molecule has 0 spiro atoms. The van der Waals surface area contributed by atoms with Gasteiger partial charge in [-0.1, -0.05) is 6.92 Å². The highest BCUT2D eigenvalue weighted by Crippen LogP contribution is 2.33. The molecule has 6 nitrogen and oxygen atoms in total. The molecule has 24 heavy (non-hydrogen) atoms. The van der Waals surface area contributed by atoms with E-state index in [0.717, 1.165) is 24.2 Å². The van der Waals surface area contributed by atoms with E-state index < -0.39 is 0 Å². The lowest BCUT2D eigenvalue weighted by Crippen LogP contribution is -2.40. The van der Waals surface area contributed by atoms with Crippen molar-refractivity contribution in [1.82, 2.24) is 14.7 Å². The van der Waals surface area contributed by atoms with Gasteiger partial charge in [0.25, 0.3) is 0 Å². The van der Waals surface area contributed by atoms with Gasteiger partial charge in [0, 0.05) is 25.5 Å². The number of nitrogens with zero attached hydrogens (tertiary/aromatic N) is 3. The second-order valence-corrected chi connectivity index (χ2v) is 5.90. The molecule has 1 aromatic carbocycles. The fourth-order valence-electron chi connectivity index (χ4n) is 3.22. The van der Waals surface area contributed by atoms with Crippen molar-refractivity contribution in [1.29, 1.82) is 0 Å². The lowest BCUT2D eigenvalue weighted by Gasteiger charge is -2.32.